The lowest BCUT2D eigenvalue weighted by atomic mass is 10.0. The molecular weight excluding hydrogens is 404 g/mol. The topological polar surface area (TPSA) is 66.6 Å². The van der Waals surface area contributed by atoms with Crippen molar-refractivity contribution < 1.29 is 4.74 Å². The van der Waals surface area contributed by atoms with E-state index in [4.69, 9.17) is 4.74 Å². The third-order valence-electron chi connectivity index (χ3n) is 5.55. The molecule has 0 atom stereocenters. The lowest BCUT2D eigenvalue weighted by Crippen LogP contribution is -1.86. The summed E-state index contributed by atoms with van der Waals surface area (Å²) in [6.45, 7) is 0. The predicted molar refractivity (Wildman–Crippen MR) is 126 cm³/mol. The van der Waals surface area contributed by atoms with Crippen LogP contribution in [0.3, 0.4) is 0 Å². The first kappa shape index (κ1) is 17.9. The Morgan fingerprint density at radius 2 is 1.84 bits per heavy atom. The van der Waals surface area contributed by atoms with Crippen LogP contribution in [-0.4, -0.2) is 27.3 Å². The highest BCUT2D eigenvalue weighted by atomic mass is 32.1. The number of pyridine rings is 1. The zero-order chi connectivity index (χ0) is 20.8. The number of fused-ring (bicyclic) bond motifs is 2. The van der Waals surface area contributed by atoms with Crippen LogP contribution in [0.25, 0.3) is 54.8 Å². The molecular formula is C25H18N4OS. The molecule has 6 aromatic rings. The summed E-state index contributed by atoms with van der Waals surface area (Å²) in [7, 11) is 1.65. The largest absolute Gasteiger partial charge is 0.495 e. The van der Waals surface area contributed by atoms with Crippen LogP contribution < -0.4 is 4.74 Å². The van der Waals surface area contributed by atoms with Crippen LogP contribution in [0.5, 0.6) is 5.75 Å². The Kier molecular flexibility index (Phi) is 4.11. The van der Waals surface area contributed by atoms with Crippen molar-refractivity contribution in [2.24, 2.45) is 0 Å². The number of benzene rings is 2. The Labute approximate surface area is 182 Å². The van der Waals surface area contributed by atoms with Gasteiger partial charge in [-0.05, 0) is 47.3 Å². The number of hydrogen-bond donors (Lipinski definition) is 2. The zero-order valence-electron chi connectivity index (χ0n) is 16.7. The van der Waals surface area contributed by atoms with E-state index in [-0.39, 0.29) is 0 Å². The van der Waals surface area contributed by atoms with Gasteiger partial charge in [-0.25, -0.2) is 0 Å². The van der Waals surface area contributed by atoms with Crippen molar-refractivity contribution in [3.8, 4) is 38.7 Å². The van der Waals surface area contributed by atoms with Crippen molar-refractivity contribution in [1.29, 1.82) is 0 Å². The van der Waals surface area contributed by atoms with Gasteiger partial charge in [-0.2, -0.15) is 5.10 Å². The Morgan fingerprint density at radius 3 is 2.71 bits per heavy atom. The first-order valence-corrected chi connectivity index (χ1v) is 10.8. The van der Waals surface area contributed by atoms with Gasteiger partial charge in [0.1, 0.15) is 11.4 Å². The second-order valence-corrected chi connectivity index (χ2v) is 8.32. The van der Waals surface area contributed by atoms with Crippen LogP contribution in [0.2, 0.25) is 0 Å². The highest BCUT2D eigenvalue weighted by molar-refractivity contribution is 7.13. The monoisotopic (exact) mass is 422 g/mol. The average Bonchev–Trinajstić information content (AvgIpc) is 3.57. The molecule has 0 unspecified atom stereocenters. The van der Waals surface area contributed by atoms with Crippen LogP contribution in [0, 0.1) is 0 Å². The molecule has 4 heterocycles. The van der Waals surface area contributed by atoms with Gasteiger partial charge in [-0.15, -0.1) is 11.3 Å². The van der Waals surface area contributed by atoms with E-state index in [1.165, 1.54) is 15.8 Å². The molecule has 4 aromatic heterocycles. The van der Waals surface area contributed by atoms with Crippen molar-refractivity contribution in [1.82, 2.24) is 20.2 Å². The van der Waals surface area contributed by atoms with Gasteiger partial charge in [0.2, 0.25) is 0 Å². The van der Waals surface area contributed by atoms with Crippen LogP contribution in [-0.2, 0) is 0 Å². The molecule has 0 radical (unpaired) electrons. The number of aromatic nitrogens is 4. The number of hydrogen-bond acceptors (Lipinski definition) is 4. The standard InChI is InChI=1S/C25H18N4OS/c1-30-17-10-16(13-26-14-17)15-7-8-22-20(11-15)25(29-28-22)23-12-19-18(24-6-3-9-31-24)4-2-5-21(19)27-23/h2-14,27H,1H3,(H,28,29). The summed E-state index contributed by atoms with van der Waals surface area (Å²) < 4.78 is 5.33. The highest BCUT2D eigenvalue weighted by Crippen LogP contribution is 2.36. The van der Waals surface area contributed by atoms with Crippen molar-refractivity contribution >= 4 is 33.1 Å². The second kappa shape index (κ2) is 7.11. The van der Waals surface area contributed by atoms with Gasteiger partial charge in [0.25, 0.3) is 0 Å². The van der Waals surface area contributed by atoms with Gasteiger partial charge in [0.15, 0.2) is 0 Å². The molecule has 0 saturated carbocycles. The highest BCUT2D eigenvalue weighted by Gasteiger charge is 2.14. The van der Waals surface area contributed by atoms with Crippen LogP contribution in [0.4, 0.5) is 0 Å². The Bertz CT molecular complexity index is 1530. The number of rotatable bonds is 4. The summed E-state index contributed by atoms with van der Waals surface area (Å²) >= 11 is 1.75. The lowest BCUT2D eigenvalue weighted by Gasteiger charge is -2.04. The number of methoxy groups -OCH3 is 1. The number of ether oxygens (including phenoxy) is 1. The van der Waals surface area contributed by atoms with Crippen LogP contribution in [0.1, 0.15) is 0 Å². The molecule has 0 aliphatic rings. The number of thiophene rings is 1. The predicted octanol–water partition coefficient (Wildman–Crippen LogP) is 6.51. The Morgan fingerprint density at radius 1 is 0.871 bits per heavy atom. The minimum atomic E-state index is 0.738. The van der Waals surface area contributed by atoms with E-state index >= 15 is 0 Å². The van der Waals surface area contributed by atoms with Crippen molar-refractivity contribution in [2.45, 2.75) is 0 Å². The summed E-state index contributed by atoms with van der Waals surface area (Å²) in [5.74, 6) is 0.738. The first-order chi connectivity index (χ1) is 15.3. The molecule has 0 saturated heterocycles. The quantitative estimate of drug-likeness (QED) is 0.340. The van der Waals surface area contributed by atoms with E-state index < -0.39 is 0 Å². The third-order valence-corrected chi connectivity index (χ3v) is 6.45. The molecule has 0 bridgehead atoms. The van der Waals surface area contributed by atoms with Gasteiger partial charge in [-0.1, -0.05) is 24.3 Å². The molecule has 31 heavy (non-hydrogen) atoms. The van der Waals surface area contributed by atoms with Gasteiger partial charge >= 0.3 is 0 Å². The average molecular weight is 423 g/mol. The Hall–Kier alpha value is -3.90. The minimum Gasteiger partial charge on any atom is -0.495 e. The second-order valence-electron chi connectivity index (χ2n) is 7.37. The molecule has 2 N–H and O–H groups in total. The fraction of sp³-hybridized carbons (Fsp3) is 0.0400. The van der Waals surface area contributed by atoms with E-state index in [9.17, 15) is 0 Å². The summed E-state index contributed by atoms with van der Waals surface area (Å²) in [6, 6.07) is 21.1. The van der Waals surface area contributed by atoms with E-state index in [1.807, 2.05) is 12.3 Å². The minimum absolute atomic E-state index is 0.738. The maximum absolute atomic E-state index is 5.33. The van der Waals surface area contributed by atoms with Crippen LogP contribution in [0.15, 0.2) is 78.4 Å². The lowest BCUT2D eigenvalue weighted by molar-refractivity contribution is 0.413. The van der Waals surface area contributed by atoms with E-state index in [0.29, 0.717) is 0 Å². The van der Waals surface area contributed by atoms with Gasteiger partial charge in [0, 0.05) is 38.5 Å². The van der Waals surface area contributed by atoms with Crippen LogP contribution >= 0.6 is 11.3 Å². The summed E-state index contributed by atoms with van der Waals surface area (Å²) in [5, 5.41) is 12.2. The number of nitrogens with one attached hydrogen (secondary N) is 2. The Balaban J connectivity index is 1.50. The maximum Gasteiger partial charge on any atom is 0.137 e. The third kappa shape index (κ3) is 3.00. The number of aromatic amines is 2. The normalized spacial score (nSPS) is 11.4. The van der Waals surface area contributed by atoms with Crippen molar-refractivity contribution in [2.75, 3.05) is 7.11 Å². The molecule has 0 aliphatic heterocycles. The molecule has 5 nitrogen and oxygen atoms in total. The summed E-state index contributed by atoms with van der Waals surface area (Å²) in [6.07, 6.45) is 3.56. The molecule has 6 heteroatoms. The van der Waals surface area contributed by atoms with Crippen molar-refractivity contribution in [3.05, 3.63) is 78.4 Å². The molecule has 0 amide bonds. The van der Waals surface area contributed by atoms with Gasteiger partial charge in [-0.3, -0.25) is 10.1 Å². The molecule has 6 rings (SSSR count). The van der Waals surface area contributed by atoms with E-state index in [1.54, 1.807) is 24.6 Å². The molecule has 150 valence electrons. The number of H-pyrrole nitrogens is 2. The number of nitrogens with zero attached hydrogens (tertiary/aromatic N) is 2. The van der Waals surface area contributed by atoms with E-state index in [0.717, 1.165) is 44.7 Å². The maximum atomic E-state index is 5.33. The van der Waals surface area contributed by atoms with Gasteiger partial charge < -0.3 is 9.72 Å². The molecule has 2 aromatic carbocycles. The summed E-state index contributed by atoms with van der Waals surface area (Å²) in [4.78, 5) is 9.11. The molecule has 0 aliphatic carbocycles. The fourth-order valence-corrected chi connectivity index (χ4v) is 4.78. The van der Waals surface area contributed by atoms with E-state index in [2.05, 4.69) is 80.1 Å². The van der Waals surface area contributed by atoms with Crippen molar-refractivity contribution in [3.63, 3.8) is 0 Å². The first-order valence-electron chi connectivity index (χ1n) is 9.94. The van der Waals surface area contributed by atoms with Gasteiger partial charge in [0.05, 0.1) is 24.5 Å². The SMILES string of the molecule is COc1cncc(-c2ccc3[nH]nc(-c4cc5c(-c6cccs6)cccc5[nH]4)c3c2)c1. The molecule has 0 spiro atoms. The smallest absolute Gasteiger partial charge is 0.137 e. The summed E-state index contributed by atoms with van der Waals surface area (Å²) in [5.41, 5.74) is 7.30. The molecule has 0 fully saturated rings. The fourth-order valence-electron chi connectivity index (χ4n) is 4.02. The zero-order valence-corrected chi connectivity index (χ0v) is 17.5.